The van der Waals surface area contributed by atoms with Crippen molar-refractivity contribution in [3.05, 3.63) is 0 Å². The smallest absolute Gasteiger partial charge is 0.0272 e. The van der Waals surface area contributed by atoms with Crippen molar-refractivity contribution in [1.29, 1.82) is 0 Å². The highest BCUT2D eigenvalue weighted by Crippen LogP contribution is 2.53. The second-order valence-corrected chi connectivity index (χ2v) is 7.38. The van der Waals surface area contributed by atoms with E-state index in [4.69, 9.17) is 0 Å². The zero-order valence-electron chi connectivity index (χ0n) is 12.5. The van der Waals surface area contributed by atoms with Gasteiger partial charge in [0.25, 0.3) is 0 Å². The molecule has 5 heteroatoms. The SMILES string of the molecule is CN1CCN(NC2C3CC4CC(C3)CC2C4)CC1.Cl.Cl. The van der Waals surface area contributed by atoms with E-state index < -0.39 is 0 Å². The van der Waals surface area contributed by atoms with Crippen LogP contribution in [-0.2, 0) is 0 Å². The minimum atomic E-state index is 0. The molecule has 5 rings (SSSR count). The van der Waals surface area contributed by atoms with E-state index in [0.717, 1.165) is 29.7 Å². The highest BCUT2D eigenvalue weighted by atomic mass is 35.5. The Morgan fingerprint density at radius 1 is 0.750 bits per heavy atom. The van der Waals surface area contributed by atoms with E-state index in [-0.39, 0.29) is 24.8 Å². The summed E-state index contributed by atoms with van der Waals surface area (Å²) in [6.45, 7) is 4.86. The summed E-state index contributed by atoms with van der Waals surface area (Å²) >= 11 is 0. The Morgan fingerprint density at radius 3 is 1.75 bits per heavy atom. The monoisotopic (exact) mass is 321 g/mol. The summed E-state index contributed by atoms with van der Waals surface area (Å²) in [5, 5.41) is 2.52. The third kappa shape index (κ3) is 3.12. The lowest BCUT2D eigenvalue weighted by Crippen LogP contribution is -2.61. The molecule has 20 heavy (non-hydrogen) atoms. The second kappa shape index (κ2) is 6.70. The molecule has 1 aliphatic heterocycles. The van der Waals surface area contributed by atoms with Crippen molar-refractivity contribution in [1.82, 2.24) is 15.3 Å². The lowest BCUT2D eigenvalue weighted by atomic mass is 9.54. The predicted molar refractivity (Wildman–Crippen MR) is 87.5 cm³/mol. The van der Waals surface area contributed by atoms with Gasteiger partial charge < -0.3 is 4.90 Å². The fourth-order valence-corrected chi connectivity index (χ4v) is 5.28. The van der Waals surface area contributed by atoms with Crippen LogP contribution in [-0.4, -0.2) is 49.2 Å². The molecular weight excluding hydrogens is 293 g/mol. The molecule has 0 unspecified atom stereocenters. The number of piperazine rings is 1. The minimum absolute atomic E-state index is 0. The molecule has 0 radical (unpaired) electrons. The molecule has 5 aliphatic rings. The molecular formula is C15H29Cl2N3. The number of rotatable bonds is 2. The van der Waals surface area contributed by atoms with Gasteiger partial charge in [0.2, 0.25) is 0 Å². The van der Waals surface area contributed by atoms with Gasteiger partial charge in [0.1, 0.15) is 0 Å². The van der Waals surface area contributed by atoms with Gasteiger partial charge in [-0.15, -0.1) is 24.8 Å². The normalized spacial score (nSPS) is 44.0. The first-order valence-electron chi connectivity index (χ1n) is 7.97. The molecule has 0 spiro atoms. The van der Waals surface area contributed by atoms with E-state index in [1.54, 1.807) is 6.42 Å². The number of nitrogens with zero attached hydrogens (tertiary/aromatic N) is 2. The maximum Gasteiger partial charge on any atom is 0.0272 e. The number of hydrazine groups is 1. The molecule has 118 valence electrons. The highest BCUT2D eigenvalue weighted by molar-refractivity contribution is 5.85. The maximum atomic E-state index is 3.93. The van der Waals surface area contributed by atoms with Crippen LogP contribution in [0.5, 0.6) is 0 Å². The standard InChI is InChI=1S/C15H27N3.2ClH/c1-17-2-4-18(5-3-17)16-15-13-7-11-6-12(9-13)10-14(15)8-11;;/h11-16H,2-10H2,1H3;2*1H. The molecule has 1 saturated heterocycles. The van der Waals surface area contributed by atoms with Crippen LogP contribution >= 0.6 is 24.8 Å². The number of nitrogens with one attached hydrogen (secondary N) is 1. The van der Waals surface area contributed by atoms with Crippen LogP contribution in [0.3, 0.4) is 0 Å². The Morgan fingerprint density at radius 2 is 1.25 bits per heavy atom. The summed E-state index contributed by atoms with van der Waals surface area (Å²) in [6, 6.07) is 0.821. The average molecular weight is 322 g/mol. The van der Waals surface area contributed by atoms with Crippen molar-refractivity contribution in [3.63, 3.8) is 0 Å². The largest absolute Gasteiger partial charge is 0.304 e. The Labute approximate surface area is 135 Å². The number of likely N-dealkylation sites (N-methyl/N-ethyl adjacent to an activating group) is 1. The molecule has 4 saturated carbocycles. The van der Waals surface area contributed by atoms with Gasteiger partial charge in [-0.3, -0.25) is 5.43 Å². The van der Waals surface area contributed by atoms with E-state index in [2.05, 4.69) is 22.4 Å². The molecule has 0 aromatic rings. The van der Waals surface area contributed by atoms with Crippen molar-refractivity contribution in [2.75, 3.05) is 33.2 Å². The summed E-state index contributed by atoms with van der Waals surface area (Å²) in [4.78, 5) is 2.44. The molecule has 0 aromatic carbocycles. The van der Waals surface area contributed by atoms with E-state index in [9.17, 15) is 0 Å². The summed E-state index contributed by atoms with van der Waals surface area (Å²) in [5.41, 5.74) is 3.93. The Kier molecular flexibility index (Phi) is 5.64. The Balaban J connectivity index is 0.000000735. The van der Waals surface area contributed by atoms with E-state index in [1.165, 1.54) is 51.9 Å². The van der Waals surface area contributed by atoms with E-state index >= 15 is 0 Å². The molecule has 0 amide bonds. The van der Waals surface area contributed by atoms with Crippen molar-refractivity contribution in [2.45, 2.75) is 38.1 Å². The lowest BCUT2D eigenvalue weighted by Gasteiger charge is -2.55. The first-order valence-corrected chi connectivity index (χ1v) is 7.97. The number of hydrogen-bond donors (Lipinski definition) is 1. The highest BCUT2D eigenvalue weighted by Gasteiger charge is 2.48. The van der Waals surface area contributed by atoms with E-state index in [1.807, 2.05) is 0 Å². The zero-order chi connectivity index (χ0) is 12.1. The number of halogens is 2. The third-order valence-corrected chi connectivity index (χ3v) is 6.06. The molecule has 3 nitrogen and oxygen atoms in total. The molecule has 4 aliphatic carbocycles. The van der Waals surface area contributed by atoms with Gasteiger partial charge in [0.15, 0.2) is 0 Å². The van der Waals surface area contributed by atoms with Crippen molar-refractivity contribution in [3.8, 4) is 0 Å². The van der Waals surface area contributed by atoms with Crippen molar-refractivity contribution in [2.24, 2.45) is 23.7 Å². The molecule has 1 N–H and O–H groups in total. The van der Waals surface area contributed by atoms with Gasteiger partial charge in [-0.05, 0) is 62.8 Å². The lowest BCUT2D eigenvalue weighted by molar-refractivity contribution is -0.0501. The van der Waals surface area contributed by atoms with Crippen molar-refractivity contribution < 1.29 is 0 Å². The van der Waals surface area contributed by atoms with Crippen LogP contribution in [0.2, 0.25) is 0 Å². The number of hydrogen-bond acceptors (Lipinski definition) is 3. The first-order chi connectivity index (χ1) is 8.78. The summed E-state index contributed by atoms with van der Waals surface area (Å²) in [7, 11) is 2.24. The van der Waals surface area contributed by atoms with Crippen molar-refractivity contribution >= 4 is 24.8 Å². The second-order valence-electron chi connectivity index (χ2n) is 7.38. The average Bonchev–Trinajstić information content (AvgIpc) is 2.35. The quantitative estimate of drug-likeness (QED) is 0.842. The van der Waals surface area contributed by atoms with Gasteiger partial charge in [0, 0.05) is 32.2 Å². The molecule has 1 heterocycles. The maximum absolute atomic E-state index is 3.93. The Bertz CT molecular complexity index is 290. The molecule has 5 fully saturated rings. The first kappa shape index (κ1) is 16.8. The van der Waals surface area contributed by atoms with Crippen LogP contribution in [0.25, 0.3) is 0 Å². The van der Waals surface area contributed by atoms with Crippen LogP contribution in [0.4, 0.5) is 0 Å². The Hall–Kier alpha value is 0.460. The van der Waals surface area contributed by atoms with Crippen LogP contribution in [0.1, 0.15) is 32.1 Å². The van der Waals surface area contributed by atoms with Crippen LogP contribution in [0, 0.1) is 23.7 Å². The fourth-order valence-electron chi connectivity index (χ4n) is 5.28. The van der Waals surface area contributed by atoms with Crippen LogP contribution < -0.4 is 5.43 Å². The van der Waals surface area contributed by atoms with Gasteiger partial charge in [-0.2, -0.15) is 0 Å². The van der Waals surface area contributed by atoms with Gasteiger partial charge in [-0.1, -0.05) is 0 Å². The topological polar surface area (TPSA) is 18.5 Å². The predicted octanol–water partition coefficient (Wildman–Crippen LogP) is 2.41. The molecule has 0 atom stereocenters. The molecule has 0 aromatic heterocycles. The third-order valence-electron chi connectivity index (χ3n) is 6.06. The van der Waals surface area contributed by atoms with Gasteiger partial charge in [0.05, 0.1) is 0 Å². The fraction of sp³-hybridized carbons (Fsp3) is 1.00. The summed E-state index contributed by atoms with van der Waals surface area (Å²) in [5.74, 6) is 4.19. The van der Waals surface area contributed by atoms with Gasteiger partial charge >= 0.3 is 0 Å². The van der Waals surface area contributed by atoms with Crippen LogP contribution in [0.15, 0.2) is 0 Å². The van der Waals surface area contributed by atoms with Gasteiger partial charge in [-0.25, -0.2) is 5.01 Å². The molecule has 4 bridgehead atoms. The minimum Gasteiger partial charge on any atom is -0.304 e. The summed E-state index contributed by atoms with van der Waals surface area (Å²) in [6.07, 6.45) is 7.67. The summed E-state index contributed by atoms with van der Waals surface area (Å²) < 4.78 is 0. The van der Waals surface area contributed by atoms with E-state index in [0.29, 0.717) is 0 Å². The zero-order valence-corrected chi connectivity index (χ0v) is 14.1.